The van der Waals surface area contributed by atoms with Crippen LogP contribution in [0.25, 0.3) is 0 Å². The topological polar surface area (TPSA) is 92.7 Å². The van der Waals surface area contributed by atoms with Gasteiger partial charge in [0.15, 0.2) is 0 Å². The molecule has 0 aliphatic carbocycles. The summed E-state index contributed by atoms with van der Waals surface area (Å²) in [5, 5.41) is 2.95. The van der Waals surface area contributed by atoms with Gasteiger partial charge >= 0.3 is 0 Å². The Bertz CT molecular complexity index is 761. The molecule has 2 amide bonds. The van der Waals surface area contributed by atoms with E-state index < -0.39 is 0 Å². The third kappa shape index (κ3) is 1.67. The number of rotatable bonds is 0. The maximum absolute atomic E-state index is 12.7. The first-order valence-corrected chi connectivity index (χ1v) is 6.95. The molecule has 2 aliphatic rings. The molecular formula is C16H14N4O2. The molecule has 0 aromatic heterocycles. The van der Waals surface area contributed by atoms with Crippen molar-refractivity contribution in [3.63, 3.8) is 0 Å². The normalized spacial score (nSPS) is 16.2. The van der Waals surface area contributed by atoms with E-state index in [1.54, 1.807) is 36.4 Å². The van der Waals surface area contributed by atoms with Gasteiger partial charge in [0.1, 0.15) is 0 Å². The van der Waals surface area contributed by atoms with Crippen LogP contribution in [-0.2, 0) is 13.1 Å². The minimum absolute atomic E-state index is 0.204. The first-order valence-electron chi connectivity index (χ1n) is 6.95. The lowest BCUT2D eigenvalue weighted by Gasteiger charge is -2.42. The number of fused-ring (bicyclic) bond motifs is 3. The number of hydrazine groups is 1. The van der Waals surface area contributed by atoms with Gasteiger partial charge in [0.25, 0.3) is 11.8 Å². The molecule has 0 unspecified atom stereocenters. The smallest absolute Gasteiger partial charge is 0.273 e. The lowest BCUT2D eigenvalue weighted by Crippen LogP contribution is -2.54. The summed E-state index contributed by atoms with van der Waals surface area (Å²) in [5.74, 6) is -0.409. The van der Waals surface area contributed by atoms with Gasteiger partial charge < -0.3 is 11.5 Å². The van der Waals surface area contributed by atoms with Gasteiger partial charge in [-0.3, -0.25) is 9.59 Å². The fourth-order valence-corrected chi connectivity index (χ4v) is 3.00. The Morgan fingerprint density at radius 2 is 1.14 bits per heavy atom. The van der Waals surface area contributed by atoms with Crippen molar-refractivity contribution in [2.45, 2.75) is 13.1 Å². The Kier molecular flexibility index (Phi) is 2.45. The molecule has 0 saturated carbocycles. The molecule has 22 heavy (non-hydrogen) atoms. The van der Waals surface area contributed by atoms with E-state index in [4.69, 9.17) is 11.5 Å². The minimum atomic E-state index is -0.204. The van der Waals surface area contributed by atoms with E-state index in [0.717, 1.165) is 11.1 Å². The molecule has 4 rings (SSSR count). The fourth-order valence-electron chi connectivity index (χ4n) is 3.00. The highest BCUT2D eigenvalue weighted by Crippen LogP contribution is 2.32. The minimum Gasteiger partial charge on any atom is -0.399 e. The molecule has 0 atom stereocenters. The van der Waals surface area contributed by atoms with Gasteiger partial charge in [-0.15, -0.1) is 0 Å². The van der Waals surface area contributed by atoms with Crippen LogP contribution in [0, 0.1) is 0 Å². The van der Waals surface area contributed by atoms with Crippen LogP contribution in [-0.4, -0.2) is 21.8 Å². The third-order valence-electron chi connectivity index (χ3n) is 4.13. The van der Waals surface area contributed by atoms with Gasteiger partial charge in [0.05, 0.1) is 13.1 Å². The molecule has 0 fully saturated rings. The summed E-state index contributed by atoms with van der Waals surface area (Å²) >= 11 is 0. The molecule has 2 aliphatic heterocycles. The van der Waals surface area contributed by atoms with Gasteiger partial charge in [-0.05, 0) is 35.4 Å². The summed E-state index contributed by atoms with van der Waals surface area (Å²) in [6.07, 6.45) is 0. The second-order valence-electron chi connectivity index (χ2n) is 5.56. The summed E-state index contributed by atoms with van der Waals surface area (Å²) in [6.45, 7) is 0.711. The Morgan fingerprint density at radius 1 is 0.727 bits per heavy atom. The number of nitrogen functional groups attached to an aromatic ring is 2. The van der Waals surface area contributed by atoms with Gasteiger partial charge in [-0.1, -0.05) is 12.1 Å². The van der Waals surface area contributed by atoms with Crippen molar-refractivity contribution in [1.82, 2.24) is 10.0 Å². The van der Waals surface area contributed by atoms with Crippen LogP contribution in [0.2, 0.25) is 0 Å². The number of nitrogens with two attached hydrogens (primary N) is 2. The number of nitrogens with zero attached hydrogens (tertiary/aromatic N) is 2. The van der Waals surface area contributed by atoms with Gasteiger partial charge in [-0.25, -0.2) is 10.0 Å². The maximum atomic E-state index is 12.7. The summed E-state index contributed by atoms with van der Waals surface area (Å²) in [6, 6.07) is 10.4. The molecule has 0 spiro atoms. The van der Waals surface area contributed by atoms with Gasteiger partial charge in [0.2, 0.25) is 0 Å². The molecule has 110 valence electrons. The molecule has 0 saturated heterocycles. The molecule has 2 aromatic rings. The summed E-state index contributed by atoms with van der Waals surface area (Å²) < 4.78 is 0. The number of carbonyl (C=O) groups is 2. The molecule has 2 heterocycles. The lowest BCUT2D eigenvalue weighted by molar-refractivity contribution is -0.0217. The van der Waals surface area contributed by atoms with Crippen LogP contribution in [0.1, 0.15) is 31.8 Å². The summed E-state index contributed by atoms with van der Waals surface area (Å²) in [4.78, 5) is 25.4. The third-order valence-corrected chi connectivity index (χ3v) is 4.13. The second kappa shape index (κ2) is 4.24. The van der Waals surface area contributed by atoms with Crippen LogP contribution >= 0.6 is 0 Å². The fraction of sp³-hybridized carbons (Fsp3) is 0.125. The molecule has 0 radical (unpaired) electrons. The van der Waals surface area contributed by atoms with Crippen LogP contribution in [0.4, 0.5) is 11.4 Å². The zero-order valence-electron chi connectivity index (χ0n) is 11.7. The molecular weight excluding hydrogens is 280 g/mol. The highest BCUT2D eigenvalue weighted by Gasteiger charge is 2.38. The lowest BCUT2D eigenvalue weighted by atomic mass is 9.98. The predicted molar refractivity (Wildman–Crippen MR) is 81.5 cm³/mol. The standard InChI is InChI=1S/C16H14N4O2/c17-11-3-1-9-7-19-16(22)14-6-12(18)4-2-10(14)8-20(19)15(21)13(9)5-11/h1-6H,7-8,17-18H2. The van der Waals surface area contributed by atoms with E-state index in [1.807, 2.05) is 0 Å². The van der Waals surface area contributed by atoms with Gasteiger partial charge in [-0.2, -0.15) is 0 Å². The Balaban J connectivity index is 1.82. The zero-order chi connectivity index (χ0) is 15.4. The Hall–Kier alpha value is -3.02. The van der Waals surface area contributed by atoms with Crippen molar-refractivity contribution in [3.8, 4) is 0 Å². The number of anilines is 2. The Labute approximate surface area is 126 Å². The van der Waals surface area contributed by atoms with Crippen LogP contribution < -0.4 is 11.5 Å². The largest absolute Gasteiger partial charge is 0.399 e. The number of amides is 2. The van der Waals surface area contributed by atoms with Crippen molar-refractivity contribution in [2.75, 3.05) is 11.5 Å². The van der Waals surface area contributed by atoms with Crippen molar-refractivity contribution >= 4 is 23.2 Å². The summed E-state index contributed by atoms with van der Waals surface area (Å²) in [5.41, 5.74) is 15.3. The average Bonchev–Trinajstić information content (AvgIpc) is 2.50. The van der Waals surface area contributed by atoms with E-state index in [-0.39, 0.29) is 11.8 Å². The first-order chi connectivity index (χ1) is 10.5. The van der Waals surface area contributed by atoms with Crippen molar-refractivity contribution < 1.29 is 9.59 Å². The van der Waals surface area contributed by atoms with Crippen molar-refractivity contribution in [2.24, 2.45) is 0 Å². The summed E-state index contributed by atoms with van der Waals surface area (Å²) in [7, 11) is 0. The monoisotopic (exact) mass is 294 g/mol. The van der Waals surface area contributed by atoms with Crippen LogP contribution in [0.15, 0.2) is 36.4 Å². The van der Waals surface area contributed by atoms with E-state index >= 15 is 0 Å². The molecule has 6 nitrogen and oxygen atoms in total. The number of carbonyl (C=O) groups excluding carboxylic acids is 2. The number of hydrogen-bond acceptors (Lipinski definition) is 4. The number of benzene rings is 2. The number of hydrogen-bond donors (Lipinski definition) is 2. The van der Waals surface area contributed by atoms with Gasteiger partial charge in [0, 0.05) is 22.5 Å². The van der Waals surface area contributed by atoms with E-state index in [0.29, 0.717) is 35.6 Å². The molecule has 2 aromatic carbocycles. The molecule has 0 bridgehead atoms. The van der Waals surface area contributed by atoms with Crippen molar-refractivity contribution in [1.29, 1.82) is 0 Å². The van der Waals surface area contributed by atoms with E-state index in [2.05, 4.69) is 0 Å². The highest BCUT2D eigenvalue weighted by atomic mass is 16.2. The highest BCUT2D eigenvalue weighted by molar-refractivity contribution is 6.04. The molecule has 6 heteroatoms. The van der Waals surface area contributed by atoms with E-state index in [9.17, 15) is 9.59 Å². The quantitative estimate of drug-likeness (QED) is 0.718. The predicted octanol–water partition coefficient (Wildman–Crippen LogP) is 1.38. The SMILES string of the molecule is Nc1ccc2c(c1)C(=O)N1Cc3ccc(N)cc3C(=O)N1C2. The van der Waals surface area contributed by atoms with E-state index in [1.165, 1.54) is 10.0 Å². The zero-order valence-corrected chi connectivity index (χ0v) is 11.7. The average molecular weight is 294 g/mol. The molecule has 4 N–H and O–H groups in total. The van der Waals surface area contributed by atoms with Crippen LogP contribution in [0.5, 0.6) is 0 Å². The van der Waals surface area contributed by atoms with Crippen molar-refractivity contribution in [3.05, 3.63) is 58.7 Å². The maximum Gasteiger partial charge on any atom is 0.273 e. The van der Waals surface area contributed by atoms with Crippen LogP contribution in [0.3, 0.4) is 0 Å². The first kappa shape index (κ1) is 12.7. The second-order valence-corrected chi connectivity index (χ2v) is 5.56. The Morgan fingerprint density at radius 3 is 1.55 bits per heavy atom.